The molecule has 0 radical (unpaired) electrons. The summed E-state index contributed by atoms with van der Waals surface area (Å²) in [4.78, 5) is 19.1. The van der Waals surface area contributed by atoms with E-state index < -0.39 is 0 Å². The summed E-state index contributed by atoms with van der Waals surface area (Å²) in [5.74, 6) is 0.642. The zero-order valence-corrected chi connectivity index (χ0v) is 19.0. The highest BCUT2D eigenvalue weighted by Crippen LogP contribution is 2.39. The van der Waals surface area contributed by atoms with Crippen LogP contribution in [0.25, 0.3) is 0 Å². The lowest BCUT2D eigenvalue weighted by Crippen LogP contribution is -2.45. The fraction of sp³-hybridized carbons (Fsp3) is 0.750. The molecule has 2 fully saturated rings. The maximum absolute atomic E-state index is 12.0. The second-order valence-corrected chi connectivity index (χ2v) is 8.64. The predicted octanol–water partition coefficient (Wildman–Crippen LogP) is 3.91. The first kappa shape index (κ1) is 23.0. The molecule has 0 N–H and O–H groups in total. The molecule has 0 spiro atoms. The van der Waals surface area contributed by atoms with Gasteiger partial charge in [-0.1, -0.05) is 12.2 Å². The number of rotatable bonds is 7. The second kappa shape index (κ2) is 11.1. The molecule has 3 aliphatic rings. The summed E-state index contributed by atoms with van der Waals surface area (Å²) in [6.45, 7) is 12.5. The Morgan fingerprint density at radius 1 is 1.20 bits per heavy atom. The lowest BCUT2D eigenvalue weighted by Gasteiger charge is -2.38. The van der Waals surface area contributed by atoms with Gasteiger partial charge in [-0.25, -0.2) is 0 Å². The van der Waals surface area contributed by atoms with Gasteiger partial charge in [0.1, 0.15) is 6.10 Å². The predicted molar refractivity (Wildman–Crippen MR) is 119 cm³/mol. The van der Waals surface area contributed by atoms with Crippen LogP contribution in [0.15, 0.2) is 28.3 Å². The number of hydrogen-bond donors (Lipinski definition) is 0. The highest BCUT2D eigenvalue weighted by atomic mass is 16.5. The molecule has 1 heterocycles. The summed E-state index contributed by atoms with van der Waals surface area (Å²) >= 11 is 0. The molecule has 0 aromatic carbocycles. The van der Waals surface area contributed by atoms with E-state index >= 15 is 0 Å². The summed E-state index contributed by atoms with van der Waals surface area (Å²) in [6.07, 6.45) is 6.92. The Hall–Kier alpha value is -1.66. The zero-order chi connectivity index (χ0) is 21.5. The molecule has 1 saturated heterocycles. The molecular weight excluding hydrogens is 380 g/mol. The van der Waals surface area contributed by atoms with Crippen molar-refractivity contribution in [1.82, 2.24) is 4.90 Å². The van der Waals surface area contributed by atoms with E-state index in [1.54, 1.807) is 7.05 Å². The SMILES string of the molecule is C=C(C1=C(C)CC[C@@H]1CC(=O)OCC)/C(=N\C)O[C@H]1CC[C@H](N2CCOCC2)CC1. The fourth-order valence-corrected chi connectivity index (χ4v) is 5.15. The summed E-state index contributed by atoms with van der Waals surface area (Å²) in [5.41, 5.74) is 3.28. The van der Waals surface area contributed by atoms with Crippen LogP contribution in [0.2, 0.25) is 0 Å². The van der Waals surface area contributed by atoms with Gasteiger partial charge in [-0.15, -0.1) is 0 Å². The molecular formula is C24H38N2O4. The van der Waals surface area contributed by atoms with E-state index in [2.05, 4.69) is 23.4 Å². The minimum Gasteiger partial charge on any atom is -0.474 e. The molecule has 2 aliphatic carbocycles. The van der Waals surface area contributed by atoms with Gasteiger partial charge in [0.25, 0.3) is 0 Å². The largest absolute Gasteiger partial charge is 0.474 e. The lowest BCUT2D eigenvalue weighted by molar-refractivity contribution is -0.143. The number of nitrogens with zero attached hydrogens (tertiary/aromatic N) is 2. The quantitative estimate of drug-likeness (QED) is 0.356. The van der Waals surface area contributed by atoms with Crippen molar-refractivity contribution in [2.24, 2.45) is 10.9 Å². The normalized spacial score (nSPS) is 28.5. The third-order valence-electron chi connectivity index (χ3n) is 6.72. The van der Waals surface area contributed by atoms with Gasteiger partial charge in [0.2, 0.25) is 5.90 Å². The van der Waals surface area contributed by atoms with Gasteiger partial charge < -0.3 is 14.2 Å². The van der Waals surface area contributed by atoms with Crippen LogP contribution in [0.4, 0.5) is 0 Å². The van der Waals surface area contributed by atoms with Gasteiger partial charge in [0.05, 0.1) is 26.2 Å². The molecule has 6 nitrogen and oxygen atoms in total. The van der Waals surface area contributed by atoms with E-state index in [9.17, 15) is 4.79 Å². The number of ether oxygens (including phenoxy) is 3. The molecule has 30 heavy (non-hydrogen) atoms. The molecule has 0 bridgehead atoms. The average Bonchev–Trinajstić information content (AvgIpc) is 3.12. The van der Waals surface area contributed by atoms with Crippen molar-refractivity contribution in [3.8, 4) is 0 Å². The number of morpholine rings is 1. The van der Waals surface area contributed by atoms with Crippen LogP contribution in [-0.4, -0.2) is 68.9 Å². The molecule has 1 aliphatic heterocycles. The van der Waals surface area contributed by atoms with Crippen LogP contribution in [0.5, 0.6) is 0 Å². The number of carbonyl (C=O) groups excluding carboxylic acids is 1. The molecule has 1 saturated carbocycles. The van der Waals surface area contributed by atoms with Crippen molar-refractivity contribution in [2.45, 2.75) is 70.9 Å². The van der Waals surface area contributed by atoms with E-state index in [1.165, 1.54) is 5.57 Å². The van der Waals surface area contributed by atoms with E-state index in [0.29, 0.717) is 25.0 Å². The molecule has 0 unspecified atom stereocenters. The van der Waals surface area contributed by atoms with Crippen molar-refractivity contribution in [2.75, 3.05) is 40.0 Å². The molecule has 0 aromatic heterocycles. The Morgan fingerprint density at radius 2 is 1.90 bits per heavy atom. The van der Waals surface area contributed by atoms with Crippen LogP contribution in [0, 0.1) is 5.92 Å². The molecule has 1 atom stereocenters. The van der Waals surface area contributed by atoms with E-state index in [0.717, 1.165) is 76.0 Å². The topological polar surface area (TPSA) is 60.4 Å². The minimum absolute atomic E-state index is 0.139. The van der Waals surface area contributed by atoms with Gasteiger partial charge in [0, 0.05) is 31.8 Å². The van der Waals surface area contributed by atoms with E-state index in [1.807, 2.05) is 6.92 Å². The van der Waals surface area contributed by atoms with Gasteiger partial charge in [-0.2, -0.15) is 0 Å². The Balaban J connectivity index is 1.56. The summed E-state index contributed by atoms with van der Waals surface area (Å²) in [5, 5.41) is 0. The summed E-state index contributed by atoms with van der Waals surface area (Å²) in [7, 11) is 1.77. The highest BCUT2D eigenvalue weighted by Gasteiger charge is 2.32. The van der Waals surface area contributed by atoms with Gasteiger partial charge in [0.15, 0.2) is 0 Å². The van der Waals surface area contributed by atoms with Crippen molar-refractivity contribution in [1.29, 1.82) is 0 Å². The van der Waals surface area contributed by atoms with Crippen LogP contribution in [0.3, 0.4) is 0 Å². The maximum Gasteiger partial charge on any atom is 0.306 e. The smallest absolute Gasteiger partial charge is 0.306 e. The molecule has 6 heteroatoms. The Morgan fingerprint density at radius 3 is 2.53 bits per heavy atom. The number of carbonyl (C=O) groups is 1. The maximum atomic E-state index is 12.0. The first-order valence-electron chi connectivity index (χ1n) is 11.5. The van der Waals surface area contributed by atoms with Crippen molar-refractivity contribution < 1.29 is 19.0 Å². The van der Waals surface area contributed by atoms with Gasteiger partial charge in [-0.05, 0) is 63.9 Å². The Kier molecular flexibility index (Phi) is 8.51. The van der Waals surface area contributed by atoms with Crippen LogP contribution >= 0.6 is 0 Å². The van der Waals surface area contributed by atoms with Crippen LogP contribution in [0.1, 0.15) is 58.8 Å². The number of hydrogen-bond acceptors (Lipinski definition) is 6. The fourth-order valence-electron chi connectivity index (χ4n) is 5.15. The van der Waals surface area contributed by atoms with E-state index in [4.69, 9.17) is 14.2 Å². The first-order valence-corrected chi connectivity index (χ1v) is 11.5. The zero-order valence-electron chi connectivity index (χ0n) is 19.0. The van der Waals surface area contributed by atoms with Gasteiger partial charge >= 0.3 is 5.97 Å². The van der Waals surface area contributed by atoms with Crippen molar-refractivity contribution in [3.05, 3.63) is 23.3 Å². The third kappa shape index (κ3) is 5.73. The summed E-state index contributed by atoms with van der Waals surface area (Å²) < 4.78 is 17.0. The Bertz CT molecular complexity index is 671. The second-order valence-electron chi connectivity index (χ2n) is 8.64. The average molecular weight is 419 g/mol. The summed E-state index contributed by atoms with van der Waals surface area (Å²) in [6, 6.07) is 0.646. The number of allylic oxidation sites excluding steroid dienone is 1. The minimum atomic E-state index is -0.139. The number of esters is 1. The molecule has 168 valence electrons. The lowest BCUT2D eigenvalue weighted by atomic mass is 9.90. The van der Waals surface area contributed by atoms with Gasteiger partial charge in [-0.3, -0.25) is 14.7 Å². The third-order valence-corrected chi connectivity index (χ3v) is 6.72. The Labute approximate surface area is 181 Å². The standard InChI is InChI=1S/C24H38N2O4/c1-5-29-22(27)16-19-7-6-17(2)23(19)18(3)24(25-4)30-21-10-8-20(9-11-21)26-12-14-28-15-13-26/h19-21H,3,5-16H2,1-2,4H3/b25-24+/t19-,20-,21-/m1/s1. The van der Waals surface area contributed by atoms with Crippen molar-refractivity contribution in [3.63, 3.8) is 0 Å². The molecule has 0 aromatic rings. The van der Waals surface area contributed by atoms with Crippen molar-refractivity contribution >= 4 is 11.9 Å². The van der Waals surface area contributed by atoms with Crippen LogP contribution < -0.4 is 0 Å². The number of aliphatic imine (C=N–C) groups is 1. The molecule has 0 amide bonds. The molecule has 3 rings (SSSR count). The monoisotopic (exact) mass is 418 g/mol. The first-order chi connectivity index (χ1) is 14.5. The van der Waals surface area contributed by atoms with Crippen LogP contribution in [-0.2, 0) is 19.0 Å². The van der Waals surface area contributed by atoms with E-state index in [-0.39, 0.29) is 18.0 Å². The highest BCUT2D eigenvalue weighted by molar-refractivity contribution is 5.98.